The summed E-state index contributed by atoms with van der Waals surface area (Å²) in [5, 5.41) is 0.629. The molecule has 1 atom stereocenters. The molecule has 0 saturated carbocycles. The van der Waals surface area contributed by atoms with E-state index in [0.717, 1.165) is 5.69 Å². The van der Waals surface area contributed by atoms with E-state index in [2.05, 4.69) is 4.90 Å². The number of piperazine rings is 1. The Morgan fingerprint density at radius 1 is 0.970 bits per heavy atom. The van der Waals surface area contributed by atoms with E-state index in [9.17, 15) is 17.6 Å². The minimum atomic E-state index is -3.67. The summed E-state index contributed by atoms with van der Waals surface area (Å²) in [7, 11) is -3.67. The highest BCUT2D eigenvalue weighted by atomic mass is 35.5. The molecule has 2 aliphatic rings. The summed E-state index contributed by atoms with van der Waals surface area (Å²) in [6.45, 7) is 2.95. The van der Waals surface area contributed by atoms with Crippen LogP contribution in [-0.2, 0) is 20.6 Å². The van der Waals surface area contributed by atoms with Gasteiger partial charge < -0.3 is 9.80 Å². The summed E-state index contributed by atoms with van der Waals surface area (Å²) in [5.41, 5.74) is 1.31. The number of carbonyl (C=O) groups is 1. The topological polar surface area (TPSA) is 60.9 Å². The van der Waals surface area contributed by atoms with E-state index in [1.165, 1.54) is 16.4 Å². The minimum absolute atomic E-state index is 0.00979. The molecule has 0 bridgehead atoms. The third-order valence-corrected chi connectivity index (χ3v) is 8.78. The summed E-state index contributed by atoms with van der Waals surface area (Å²) >= 11 is 12.3. The van der Waals surface area contributed by atoms with Crippen LogP contribution >= 0.6 is 23.2 Å². The summed E-state index contributed by atoms with van der Waals surface area (Å²) in [6, 6.07) is 11.2. The first-order valence-electron chi connectivity index (χ1n) is 10.9. The van der Waals surface area contributed by atoms with E-state index in [1.54, 1.807) is 30.3 Å². The van der Waals surface area contributed by atoms with Crippen molar-refractivity contribution in [1.82, 2.24) is 9.21 Å². The highest BCUT2D eigenvalue weighted by Crippen LogP contribution is 2.29. The Kier molecular flexibility index (Phi) is 7.48. The monoisotopic (exact) mass is 513 g/mol. The maximum atomic E-state index is 13.2. The second-order valence-corrected chi connectivity index (χ2v) is 11.2. The van der Waals surface area contributed by atoms with Crippen LogP contribution in [0, 0.1) is 11.7 Å². The predicted molar refractivity (Wildman–Crippen MR) is 129 cm³/mol. The van der Waals surface area contributed by atoms with Crippen LogP contribution < -0.4 is 4.90 Å². The smallest absolute Gasteiger partial charge is 0.227 e. The van der Waals surface area contributed by atoms with Crippen molar-refractivity contribution in [3.63, 3.8) is 0 Å². The Balaban J connectivity index is 1.37. The number of halogens is 3. The second kappa shape index (κ2) is 10.2. The standard InChI is InChI=1S/C23H26Cl2FN3O3S/c24-21-4-1-5-22(25)20(21)16-33(31,32)29-10-2-3-17(15-29)23(30)28-13-11-27(12-14-28)19-8-6-18(26)7-9-19/h1,4-9,17H,2-3,10-16H2/t17-/m0/s1. The highest BCUT2D eigenvalue weighted by molar-refractivity contribution is 7.88. The van der Waals surface area contributed by atoms with Crippen LogP contribution in [-0.4, -0.2) is 62.8 Å². The lowest BCUT2D eigenvalue weighted by Gasteiger charge is -2.39. The lowest BCUT2D eigenvalue weighted by Crippen LogP contribution is -2.53. The van der Waals surface area contributed by atoms with E-state index in [-0.39, 0.29) is 29.9 Å². The molecule has 2 aliphatic heterocycles. The molecule has 0 aliphatic carbocycles. The number of hydrogen-bond acceptors (Lipinski definition) is 4. The van der Waals surface area contributed by atoms with Crippen molar-refractivity contribution in [3.05, 3.63) is 63.9 Å². The fraction of sp³-hybridized carbons (Fsp3) is 0.435. The fourth-order valence-corrected chi connectivity index (χ4v) is 6.80. The van der Waals surface area contributed by atoms with Crippen molar-refractivity contribution in [2.75, 3.05) is 44.2 Å². The molecule has 33 heavy (non-hydrogen) atoms. The molecule has 0 radical (unpaired) electrons. The summed E-state index contributed by atoms with van der Waals surface area (Å²) in [5.74, 6) is -0.943. The Hall–Kier alpha value is -1.87. The molecule has 2 aromatic carbocycles. The molecule has 178 valence electrons. The van der Waals surface area contributed by atoms with Crippen molar-refractivity contribution in [3.8, 4) is 0 Å². The molecule has 6 nitrogen and oxygen atoms in total. The van der Waals surface area contributed by atoms with Gasteiger partial charge in [-0.1, -0.05) is 29.3 Å². The molecule has 4 rings (SSSR count). The van der Waals surface area contributed by atoms with Crippen LogP contribution in [0.5, 0.6) is 0 Å². The highest BCUT2D eigenvalue weighted by Gasteiger charge is 2.35. The Labute approximate surface area is 203 Å². The largest absolute Gasteiger partial charge is 0.368 e. The molecular formula is C23H26Cl2FN3O3S. The third-order valence-electron chi connectivity index (χ3n) is 6.30. The van der Waals surface area contributed by atoms with Gasteiger partial charge in [-0.25, -0.2) is 17.1 Å². The van der Waals surface area contributed by atoms with Crippen molar-refractivity contribution >= 4 is 44.8 Å². The number of carbonyl (C=O) groups excluding carboxylic acids is 1. The molecule has 0 N–H and O–H groups in total. The van der Waals surface area contributed by atoms with Gasteiger partial charge in [-0.15, -0.1) is 0 Å². The maximum absolute atomic E-state index is 13.2. The molecule has 2 aromatic rings. The first-order valence-corrected chi connectivity index (χ1v) is 13.3. The zero-order valence-electron chi connectivity index (χ0n) is 18.1. The normalized spacial score (nSPS) is 20.2. The fourth-order valence-electron chi connectivity index (χ4n) is 4.44. The van der Waals surface area contributed by atoms with E-state index in [1.807, 2.05) is 4.90 Å². The summed E-state index contributed by atoms with van der Waals surface area (Å²) < 4.78 is 40.7. The van der Waals surface area contributed by atoms with Gasteiger partial charge >= 0.3 is 0 Å². The number of hydrogen-bond donors (Lipinski definition) is 0. The first kappa shape index (κ1) is 24.3. The van der Waals surface area contributed by atoms with Crippen molar-refractivity contribution in [2.24, 2.45) is 5.92 Å². The van der Waals surface area contributed by atoms with Gasteiger partial charge in [-0.2, -0.15) is 0 Å². The van der Waals surface area contributed by atoms with E-state index < -0.39 is 10.0 Å². The minimum Gasteiger partial charge on any atom is -0.368 e. The van der Waals surface area contributed by atoms with Crippen LogP contribution in [0.4, 0.5) is 10.1 Å². The van der Waals surface area contributed by atoms with Gasteiger partial charge in [-0.3, -0.25) is 4.79 Å². The molecule has 10 heteroatoms. The van der Waals surface area contributed by atoms with Gasteiger partial charge in [0.15, 0.2) is 0 Å². The molecule has 0 aromatic heterocycles. The number of nitrogens with zero attached hydrogens (tertiary/aromatic N) is 3. The third kappa shape index (κ3) is 5.62. The predicted octanol–water partition coefficient (Wildman–Crippen LogP) is 4.02. The van der Waals surface area contributed by atoms with Crippen LogP contribution in [0.1, 0.15) is 18.4 Å². The zero-order valence-corrected chi connectivity index (χ0v) is 20.4. The molecule has 0 unspecified atom stereocenters. The van der Waals surface area contributed by atoms with Gasteiger partial charge in [0.05, 0.1) is 11.7 Å². The number of amides is 1. The number of anilines is 1. The van der Waals surface area contributed by atoms with Gasteiger partial charge in [-0.05, 0) is 49.2 Å². The second-order valence-electron chi connectivity index (χ2n) is 8.44. The van der Waals surface area contributed by atoms with Crippen molar-refractivity contribution < 1.29 is 17.6 Å². The SMILES string of the molecule is O=C([C@H]1CCCN(S(=O)(=O)Cc2c(Cl)cccc2Cl)C1)N1CCN(c2ccc(F)cc2)CC1. The van der Waals surface area contributed by atoms with Crippen molar-refractivity contribution in [1.29, 1.82) is 0 Å². The molecular weight excluding hydrogens is 488 g/mol. The first-order chi connectivity index (χ1) is 15.7. The summed E-state index contributed by atoms with van der Waals surface area (Å²) in [6.07, 6.45) is 1.29. The lowest BCUT2D eigenvalue weighted by atomic mass is 9.97. The Bertz CT molecular complexity index is 1090. The van der Waals surface area contributed by atoms with Crippen LogP contribution in [0.25, 0.3) is 0 Å². The van der Waals surface area contributed by atoms with Gasteiger partial charge in [0.1, 0.15) is 5.82 Å². The molecule has 0 spiro atoms. The number of piperidine rings is 1. The van der Waals surface area contributed by atoms with Gasteiger partial charge in [0, 0.05) is 60.6 Å². The molecule has 2 saturated heterocycles. The average Bonchev–Trinajstić information content (AvgIpc) is 2.82. The van der Waals surface area contributed by atoms with Gasteiger partial charge in [0.2, 0.25) is 15.9 Å². The van der Waals surface area contributed by atoms with Crippen LogP contribution in [0.2, 0.25) is 10.0 Å². The average molecular weight is 514 g/mol. The quantitative estimate of drug-likeness (QED) is 0.605. The van der Waals surface area contributed by atoms with Crippen LogP contribution in [0.3, 0.4) is 0 Å². The van der Waals surface area contributed by atoms with E-state index >= 15 is 0 Å². The Morgan fingerprint density at radius 3 is 2.24 bits per heavy atom. The van der Waals surface area contributed by atoms with E-state index in [0.29, 0.717) is 61.2 Å². The van der Waals surface area contributed by atoms with Gasteiger partial charge in [0.25, 0.3) is 0 Å². The lowest BCUT2D eigenvalue weighted by molar-refractivity contribution is -0.137. The van der Waals surface area contributed by atoms with Crippen molar-refractivity contribution in [2.45, 2.75) is 18.6 Å². The molecule has 2 heterocycles. The number of benzene rings is 2. The van der Waals surface area contributed by atoms with E-state index in [4.69, 9.17) is 23.2 Å². The molecule has 1 amide bonds. The summed E-state index contributed by atoms with van der Waals surface area (Å²) in [4.78, 5) is 17.1. The van der Waals surface area contributed by atoms with Crippen LogP contribution in [0.15, 0.2) is 42.5 Å². The Morgan fingerprint density at radius 2 is 1.61 bits per heavy atom. The molecule has 2 fully saturated rings. The zero-order chi connectivity index (χ0) is 23.6. The maximum Gasteiger partial charge on any atom is 0.227 e. The number of rotatable bonds is 5. The number of sulfonamides is 1.